The summed E-state index contributed by atoms with van der Waals surface area (Å²) in [5.74, 6) is 0. The summed E-state index contributed by atoms with van der Waals surface area (Å²) in [5, 5.41) is 0. The number of thiocarbonyl (C=S) groups is 6. The van der Waals surface area contributed by atoms with E-state index in [1.165, 1.54) is 66.8 Å². The molecule has 0 saturated carbocycles. The third-order valence-corrected chi connectivity index (χ3v) is 19.2. The number of rotatable bonds is 24. The summed E-state index contributed by atoms with van der Waals surface area (Å²) < 4.78 is 3.10. The predicted octanol–water partition coefficient (Wildman–Crippen LogP) is 21.1. The first-order chi connectivity index (χ1) is 52.5. The van der Waals surface area contributed by atoms with E-state index in [1.54, 1.807) is 0 Å². The molecule has 0 spiro atoms. The second-order valence-electron chi connectivity index (χ2n) is 24.6. The molecule has 0 aromatic heterocycles. The molecule has 0 heterocycles. The summed E-state index contributed by atoms with van der Waals surface area (Å²) in [5.41, 5.74) is 14.7. The molecule has 0 saturated heterocycles. The van der Waals surface area contributed by atoms with Gasteiger partial charge in [-0.3, -0.25) is 0 Å². The molecule has 0 radical (unpaired) electrons. The molecule has 12 aromatic rings. The number of benzene rings is 12. The molecule has 0 aliphatic rings. The van der Waals surface area contributed by atoms with Crippen LogP contribution in [0.2, 0.25) is 0 Å². The Balaban J connectivity index is 0.000000204. The molecule has 0 aliphatic carbocycles. The van der Waals surface area contributed by atoms with Crippen molar-refractivity contribution < 1.29 is 17.4 Å². The van der Waals surface area contributed by atoms with E-state index in [2.05, 4.69) is 146 Å². The van der Waals surface area contributed by atoms with Crippen molar-refractivity contribution >= 4 is 175 Å². The van der Waals surface area contributed by atoms with Gasteiger partial charge in [-0.05, 0) is 66.8 Å². The van der Waals surface area contributed by atoms with Crippen molar-refractivity contribution in [3.8, 4) is 0 Å². The molecule has 12 rings (SSSR count). The number of hydrogen-bond acceptors (Lipinski definition) is 12. The molecule has 0 unspecified atom stereocenters. The second kappa shape index (κ2) is 52.9. The Morgan fingerprint density at radius 1 is 0.147 bits per heavy atom. The molecular formula is C90H84CrN6S12. The van der Waals surface area contributed by atoms with Gasteiger partial charge >= 0.3 is 17.4 Å². The Morgan fingerprint density at radius 2 is 0.211 bits per heavy atom. The van der Waals surface area contributed by atoms with Crippen LogP contribution in [0.25, 0.3) is 0 Å². The first-order valence-electron chi connectivity index (χ1n) is 34.8. The van der Waals surface area contributed by atoms with Crippen molar-refractivity contribution in [1.29, 1.82) is 0 Å². The van der Waals surface area contributed by atoms with Gasteiger partial charge in [0, 0.05) is 78.5 Å². The average molecular weight is 1690 g/mol. The van der Waals surface area contributed by atoms with E-state index in [1.807, 2.05) is 248 Å². The first-order valence-corrected chi connectivity index (χ1v) is 39.7. The molecule has 0 aliphatic heterocycles. The molecule has 6 nitrogen and oxygen atoms in total. The number of hydrogen-bond donors (Lipinski definition) is 0. The van der Waals surface area contributed by atoms with Crippen LogP contribution in [0.1, 0.15) is 66.8 Å². The van der Waals surface area contributed by atoms with E-state index in [-0.39, 0.29) is 17.4 Å². The van der Waals surface area contributed by atoms with Crippen LogP contribution < -0.4 is 0 Å². The fraction of sp³-hybridized carbons (Fsp3) is 0.133. The molecule has 109 heavy (non-hydrogen) atoms. The van der Waals surface area contributed by atoms with Crippen LogP contribution in [0.15, 0.2) is 364 Å². The minimum Gasteiger partial charge on any atom is -0.411 e. The van der Waals surface area contributed by atoms with Gasteiger partial charge in [0.1, 0.15) is 0 Å². The minimum atomic E-state index is 0. The quantitative estimate of drug-likeness (QED) is 0.0422. The normalized spacial score (nSPS) is 9.91. The van der Waals surface area contributed by atoms with Gasteiger partial charge in [0.15, 0.2) is 0 Å². The Labute approximate surface area is 723 Å². The van der Waals surface area contributed by atoms with Crippen LogP contribution in [-0.2, 0) is 172 Å². The smallest absolute Gasteiger partial charge is 0.411 e. The van der Waals surface area contributed by atoms with E-state index >= 15 is 0 Å². The van der Waals surface area contributed by atoms with Gasteiger partial charge in [0.05, 0.1) is 0 Å². The number of nitrogens with zero attached hydrogens (tertiary/aromatic N) is 6. The van der Waals surface area contributed by atoms with Crippen molar-refractivity contribution in [3.05, 3.63) is 431 Å². The zero-order valence-electron chi connectivity index (χ0n) is 60.1. The zero-order chi connectivity index (χ0) is 76.8. The van der Waals surface area contributed by atoms with Crippen LogP contribution >= 0.6 is 73.3 Å². The largest absolute Gasteiger partial charge is 6.00 e. The Morgan fingerprint density at radius 3 is 0.266 bits per heavy atom. The third kappa shape index (κ3) is 37.4. The Hall–Kier alpha value is -8.17. The Kier molecular flexibility index (Phi) is 43.5. The van der Waals surface area contributed by atoms with E-state index in [0.717, 1.165) is 78.5 Å². The van der Waals surface area contributed by atoms with Crippen LogP contribution in [0.4, 0.5) is 0 Å². The molecule has 0 N–H and O–H groups in total. The summed E-state index contributed by atoms with van der Waals surface area (Å²) in [6.07, 6.45) is 0. The summed E-state index contributed by atoms with van der Waals surface area (Å²) in [6, 6.07) is 123. The van der Waals surface area contributed by atoms with Gasteiger partial charge in [-0.2, -0.15) is 0 Å². The first kappa shape index (κ1) is 89.7. The Bertz CT molecular complexity index is 3490. The predicted molar refractivity (Wildman–Crippen MR) is 493 cm³/mol. The van der Waals surface area contributed by atoms with Gasteiger partial charge in [-0.1, -0.05) is 390 Å². The zero-order valence-corrected chi connectivity index (χ0v) is 71.2. The fourth-order valence-electron chi connectivity index (χ4n) is 10.8. The summed E-state index contributed by atoms with van der Waals surface area (Å²) in [7, 11) is 0. The van der Waals surface area contributed by atoms with Crippen molar-refractivity contribution in [2.24, 2.45) is 0 Å². The molecule has 0 fully saturated rings. The van der Waals surface area contributed by atoms with Crippen molar-refractivity contribution in [3.63, 3.8) is 0 Å². The molecule has 19 heteroatoms. The second-order valence-corrected chi connectivity index (χ2v) is 30.7. The van der Waals surface area contributed by atoms with E-state index in [9.17, 15) is 0 Å². The van der Waals surface area contributed by atoms with Gasteiger partial charge in [-0.15, -0.1) is 0 Å². The van der Waals surface area contributed by atoms with Crippen LogP contribution in [0, 0.1) is 0 Å². The average Bonchev–Trinajstić information content (AvgIpc) is 0.919. The topological polar surface area (TPSA) is 19.4 Å². The van der Waals surface area contributed by atoms with Crippen molar-refractivity contribution in [2.75, 3.05) is 0 Å². The van der Waals surface area contributed by atoms with Crippen LogP contribution in [-0.4, -0.2) is 55.3 Å². The van der Waals surface area contributed by atoms with Gasteiger partial charge in [0.25, 0.3) is 0 Å². The molecule has 0 amide bonds. The molecule has 552 valence electrons. The maximum absolute atomic E-state index is 5.16. The third-order valence-electron chi connectivity index (χ3n) is 16.1. The monoisotopic (exact) mass is 1680 g/mol. The maximum Gasteiger partial charge on any atom is 6.00 e. The summed E-state index contributed by atoms with van der Waals surface area (Å²) >= 11 is 61.9. The maximum atomic E-state index is 5.16. The van der Waals surface area contributed by atoms with Gasteiger partial charge < -0.3 is 178 Å². The van der Waals surface area contributed by atoms with E-state index < -0.39 is 0 Å². The van der Waals surface area contributed by atoms with E-state index in [0.29, 0.717) is 25.9 Å². The minimum absolute atomic E-state index is 0. The molecule has 0 atom stereocenters. The molecule has 12 aromatic carbocycles. The van der Waals surface area contributed by atoms with Crippen LogP contribution in [0.3, 0.4) is 0 Å². The molecular weight excluding hydrogens is 1600 g/mol. The SMILES string of the molecule is S=C([S-])N(Cc1ccccc1)Cc1ccccc1.S=C([S-])N(Cc1ccccc1)Cc1ccccc1.S=C([S-])N(Cc1ccccc1)Cc1ccccc1.S=C([S-])N(Cc1ccccc1)Cc1ccccc1.S=C([S-])N(Cc1ccccc1)Cc1ccccc1.S=C([S-])N(Cc1ccccc1)Cc1ccccc1.[Cr+6]. The fourth-order valence-corrected chi connectivity index (χ4v) is 12.3. The van der Waals surface area contributed by atoms with Gasteiger partial charge in [-0.25, -0.2) is 0 Å². The molecule has 0 bridgehead atoms. The van der Waals surface area contributed by atoms with Crippen LogP contribution in [0.5, 0.6) is 0 Å². The van der Waals surface area contributed by atoms with E-state index in [4.69, 9.17) is 149 Å². The van der Waals surface area contributed by atoms with Crippen molar-refractivity contribution in [1.82, 2.24) is 29.4 Å². The summed E-state index contributed by atoms with van der Waals surface area (Å²) in [6.45, 7) is 9.14. The summed E-state index contributed by atoms with van der Waals surface area (Å²) in [4.78, 5) is 12.2. The van der Waals surface area contributed by atoms with Gasteiger partial charge in [0.2, 0.25) is 0 Å². The van der Waals surface area contributed by atoms with Crippen molar-refractivity contribution in [2.45, 2.75) is 78.5 Å². The standard InChI is InChI=1S/6C15H15NS2.Cr/c6*17-15(18)16(11-13-7-3-1-4-8-13)12-14-9-5-2-6-10-14;/h6*1-10H,11-12H2,(H,17,18);/q;;;;;;+6/p-6.